The molecule has 0 amide bonds. The predicted octanol–water partition coefficient (Wildman–Crippen LogP) is 6.06. The second kappa shape index (κ2) is 4.64. The fraction of sp³-hybridized carbons (Fsp3) is 0.200. The summed E-state index contributed by atoms with van der Waals surface area (Å²) in [7, 11) is 0. The van der Waals surface area contributed by atoms with Gasteiger partial charge in [0.2, 0.25) is 0 Å². The van der Waals surface area contributed by atoms with Crippen LogP contribution in [0.5, 0.6) is 0 Å². The summed E-state index contributed by atoms with van der Waals surface area (Å²) in [4.78, 5) is 0. The lowest BCUT2D eigenvalue weighted by Crippen LogP contribution is -1.93. The number of aryl methyl sites for hydroxylation is 2. The van der Waals surface area contributed by atoms with Crippen molar-refractivity contribution < 1.29 is 0 Å². The molecule has 0 spiro atoms. The van der Waals surface area contributed by atoms with Gasteiger partial charge in [-0.15, -0.1) is 0 Å². The Kier molecular flexibility index (Phi) is 2.87. The molecule has 0 nitrogen and oxygen atoms in total. The molecule has 104 valence electrons. The summed E-state index contributed by atoms with van der Waals surface area (Å²) in [6, 6.07) is 16.1. The van der Waals surface area contributed by atoms with Crippen molar-refractivity contribution in [1.82, 2.24) is 0 Å². The summed E-state index contributed by atoms with van der Waals surface area (Å²) < 4.78 is 0. The van der Waals surface area contributed by atoms with Crippen molar-refractivity contribution in [2.24, 2.45) is 0 Å². The molecule has 0 heterocycles. The highest BCUT2D eigenvalue weighted by atomic mass is 32.2. The number of benzene rings is 4. The zero-order valence-electron chi connectivity index (χ0n) is 12.7. The predicted molar refractivity (Wildman–Crippen MR) is 96.8 cm³/mol. The first-order valence-corrected chi connectivity index (χ1v) is 8.75. The largest absolute Gasteiger partial charge is 0.161 e. The van der Waals surface area contributed by atoms with E-state index < -0.39 is 0 Å². The smallest absolute Gasteiger partial charge is 0.0190 e. The Labute approximate surface area is 129 Å². The van der Waals surface area contributed by atoms with Gasteiger partial charge >= 0.3 is 0 Å². The van der Waals surface area contributed by atoms with Gasteiger partial charge in [0.1, 0.15) is 0 Å². The summed E-state index contributed by atoms with van der Waals surface area (Å²) in [5.41, 5.74) is 4.23. The summed E-state index contributed by atoms with van der Waals surface area (Å²) in [6.45, 7) is 4.42. The van der Waals surface area contributed by atoms with Gasteiger partial charge in [0.15, 0.2) is 0 Å². The van der Waals surface area contributed by atoms with Crippen LogP contribution in [-0.4, -0.2) is 6.26 Å². The van der Waals surface area contributed by atoms with E-state index >= 15 is 0 Å². The third-order valence-corrected chi connectivity index (χ3v) is 5.06. The minimum absolute atomic E-state index is 1.08. The van der Waals surface area contributed by atoms with Crippen LogP contribution in [0.25, 0.3) is 32.3 Å². The standard InChI is InChI=1S/C20H18S/c1-12-8-14-4-5-16-10-13(2)18(11-21-3)17-7-6-15(9-12)19(14)20(16)17/h4-10H,11H2,1-3H3. The Morgan fingerprint density at radius 2 is 1.43 bits per heavy atom. The number of rotatable bonds is 2. The number of thioether (sulfide) groups is 1. The fourth-order valence-corrected chi connectivity index (χ4v) is 4.26. The van der Waals surface area contributed by atoms with Gasteiger partial charge < -0.3 is 0 Å². The van der Waals surface area contributed by atoms with Gasteiger partial charge in [0.25, 0.3) is 0 Å². The topological polar surface area (TPSA) is 0 Å². The SMILES string of the molecule is CSCc1c(C)cc2ccc3cc(C)cc4ccc1c2c34. The molecule has 0 N–H and O–H groups in total. The van der Waals surface area contributed by atoms with Crippen LogP contribution in [0.1, 0.15) is 16.7 Å². The quantitative estimate of drug-likeness (QED) is 0.404. The Morgan fingerprint density at radius 3 is 2.10 bits per heavy atom. The van der Waals surface area contributed by atoms with Crippen molar-refractivity contribution in [1.29, 1.82) is 0 Å². The zero-order valence-corrected chi connectivity index (χ0v) is 13.5. The molecule has 0 aliphatic carbocycles. The van der Waals surface area contributed by atoms with Crippen LogP contribution in [0.3, 0.4) is 0 Å². The average Bonchev–Trinajstić information content (AvgIpc) is 2.47. The minimum Gasteiger partial charge on any atom is -0.161 e. The van der Waals surface area contributed by atoms with Crippen molar-refractivity contribution in [2.45, 2.75) is 19.6 Å². The van der Waals surface area contributed by atoms with Gasteiger partial charge in [-0.1, -0.05) is 42.5 Å². The van der Waals surface area contributed by atoms with E-state index in [1.165, 1.54) is 49.0 Å². The lowest BCUT2D eigenvalue weighted by molar-refractivity contribution is 1.36. The van der Waals surface area contributed by atoms with Gasteiger partial charge in [-0.05, 0) is 69.1 Å². The van der Waals surface area contributed by atoms with Crippen LogP contribution in [0.2, 0.25) is 0 Å². The van der Waals surface area contributed by atoms with Crippen LogP contribution in [-0.2, 0) is 5.75 Å². The van der Waals surface area contributed by atoms with Crippen LogP contribution >= 0.6 is 11.8 Å². The van der Waals surface area contributed by atoms with Crippen LogP contribution in [0.15, 0.2) is 42.5 Å². The normalized spacial score (nSPS) is 12.0. The lowest BCUT2D eigenvalue weighted by Gasteiger charge is -2.16. The highest BCUT2D eigenvalue weighted by molar-refractivity contribution is 7.97. The maximum absolute atomic E-state index is 2.35. The Morgan fingerprint density at radius 1 is 0.810 bits per heavy atom. The second-order valence-electron chi connectivity index (χ2n) is 5.97. The molecule has 0 fully saturated rings. The van der Waals surface area contributed by atoms with Crippen molar-refractivity contribution in [2.75, 3.05) is 6.26 Å². The molecule has 4 aromatic rings. The van der Waals surface area contributed by atoms with E-state index in [1.54, 1.807) is 0 Å². The van der Waals surface area contributed by atoms with E-state index in [1.807, 2.05) is 11.8 Å². The first-order valence-electron chi connectivity index (χ1n) is 7.35. The summed E-state index contributed by atoms with van der Waals surface area (Å²) in [6.07, 6.45) is 2.18. The summed E-state index contributed by atoms with van der Waals surface area (Å²) in [5, 5.41) is 8.40. The molecule has 0 aliphatic heterocycles. The van der Waals surface area contributed by atoms with Gasteiger partial charge in [-0.25, -0.2) is 0 Å². The van der Waals surface area contributed by atoms with E-state index in [2.05, 4.69) is 62.6 Å². The van der Waals surface area contributed by atoms with Gasteiger partial charge in [0.05, 0.1) is 0 Å². The maximum atomic E-state index is 2.35. The van der Waals surface area contributed by atoms with E-state index in [-0.39, 0.29) is 0 Å². The lowest BCUT2D eigenvalue weighted by atomic mass is 9.89. The van der Waals surface area contributed by atoms with Crippen LogP contribution in [0, 0.1) is 13.8 Å². The average molecular weight is 290 g/mol. The molecule has 0 aliphatic rings. The van der Waals surface area contributed by atoms with Gasteiger partial charge in [-0.2, -0.15) is 11.8 Å². The van der Waals surface area contributed by atoms with Gasteiger partial charge in [-0.3, -0.25) is 0 Å². The summed E-state index contributed by atoms with van der Waals surface area (Å²) >= 11 is 1.90. The monoisotopic (exact) mass is 290 g/mol. The number of hydrogen-bond donors (Lipinski definition) is 0. The molecule has 4 rings (SSSR count). The molecule has 0 atom stereocenters. The zero-order chi connectivity index (χ0) is 14.6. The second-order valence-corrected chi connectivity index (χ2v) is 6.83. The molecule has 4 aromatic carbocycles. The van der Waals surface area contributed by atoms with Crippen molar-refractivity contribution in [3.05, 3.63) is 59.2 Å². The molecular weight excluding hydrogens is 272 g/mol. The molecular formula is C20H18S. The molecule has 0 radical (unpaired) electrons. The van der Waals surface area contributed by atoms with Crippen molar-refractivity contribution in [3.63, 3.8) is 0 Å². The highest BCUT2D eigenvalue weighted by Gasteiger charge is 2.13. The fourth-order valence-electron chi connectivity index (χ4n) is 3.59. The van der Waals surface area contributed by atoms with Crippen LogP contribution in [0.4, 0.5) is 0 Å². The van der Waals surface area contributed by atoms with Crippen molar-refractivity contribution >= 4 is 44.1 Å². The molecule has 0 saturated carbocycles. The molecule has 0 aromatic heterocycles. The van der Waals surface area contributed by atoms with Crippen molar-refractivity contribution in [3.8, 4) is 0 Å². The third kappa shape index (κ3) is 1.84. The Bertz CT molecular complexity index is 947. The van der Waals surface area contributed by atoms with Gasteiger partial charge in [0, 0.05) is 5.75 Å². The van der Waals surface area contributed by atoms with E-state index in [4.69, 9.17) is 0 Å². The first-order chi connectivity index (χ1) is 10.2. The van der Waals surface area contributed by atoms with E-state index in [0.29, 0.717) is 0 Å². The molecule has 0 saturated heterocycles. The Hall–Kier alpha value is -1.73. The maximum Gasteiger partial charge on any atom is 0.0190 e. The number of hydrogen-bond acceptors (Lipinski definition) is 1. The van der Waals surface area contributed by atoms with E-state index in [0.717, 1.165) is 5.75 Å². The third-order valence-electron chi connectivity index (χ3n) is 4.49. The summed E-state index contributed by atoms with van der Waals surface area (Å²) in [5.74, 6) is 1.08. The minimum atomic E-state index is 1.08. The Balaban J connectivity index is 2.28. The molecule has 21 heavy (non-hydrogen) atoms. The molecule has 1 heteroatoms. The highest BCUT2D eigenvalue weighted by Crippen LogP contribution is 2.38. The molecule has 0 bridgehead atoms. The first kappa shape index (κ1) is 13.0. The van der Waals surface area contributed by atoms with Crippen LogP contribution < -0.4 is 0 Å². The van der Waals surface area contributed by atoms with E-state index in [9.17, 15) is 0 Å². The molecule has 0 unspecified atom stereocenters.